The number of piperidine rings is 1. The van der Waals surface area contributed by atoms with Crippen molar-refractivity contribution in [3.05, 3.63) is 0 Å². The van der Waals surface area contributed by atoms with E-state index in [1.165, 1.54) is 4.31 Å². The Morgan fingerprint density at radius 1 is 1.28 bits per heavy atom. The first-order valence-electron chi connectivity index (χ1n) is 5.85. The molecule has 1 N–H and O–H groups in total. The molecule has 0 bridgehead atoms. The molecule has 0 aromatic rings. The summed E-state index contributed by atoms with van der Waals surface area (Å²) in [6, 6.07) is -0.220. The standard InChI is InChI=1S/C9H16F3N3O2S/c10-9(11,12)7-14-4-5-15(18(14,16)17)8-2-1-3-13-6-8/h8,13H,1-7H2. The highest BCUT2D eigenvalue weighted by Gasteiger charge is 2.45. The molecule has 5 nitrogen and oxygen atoms in total. The quantitative estimate of drug-likeness (QED) is 0.787. The third-order valence-electron chi connectivity index (χ3n) is 3.23. The van der Waals surface area contributed by atoms with Gasteiger partial charge in [-0.2, -0.15) is 30.2 Å². The Bertz CT molecular complexity index is 392. The lowest BCUT2D eigenvalue weighted by atomic mass is 10.1. The number of rotatable bonds is 2. The van der Waals surface area contributed by atoms with E-state index < -0.39 is 22.9 Å². The number of nitrogens with one attached hydrogen (secondary N) is 1. The molecule has 0 spiro atoms. The minimum atomic E-state index is -4.49. The Morgan fingerprint density at radius 3 is 2.56 bits per heavy atom. The van der Waals surface area contributed by atoms with Gasteiger partial charge in [-0.1, -0.05) is 0 Å². The van der Waals surface area contributed by atoms with Crippen molar-refractivity contribution in [2.75, 3.05) is 32.7 Å². The minimum Gasteiger partial charge on any atom is -0.315 e. The van der Waals surface area contributed by atoms with Crippen molar-refractivity contribution in [2.45, 2.75) is 25.1 Å². The van der Waals surface area contributed by atoms with E-state index in [1.54, 1.807) is 0 Å². The van der Waals surface area contributed by atoms with E-state index in [-0.39, 0.29) is 19.1 Å². The second kappa shape index (κ2) is 4.95. The monoisotopic (exact) mass is 287 g/mol. The molecule has 2 heterocycles. The molecular weight excluding hydrogens is 271 g/mol. The van der Waals surface area contributed by atoms with E-state index in [1.807, 2.05) is 0 Å². The van der Waals surface area contributed by atoms with Gasteiger partial charge in [-0.3, -0.25) is 0 Å². The van der Waals surface area contributed by atoms with Crippen LogP contribution < -0.4 is 5.32 Å². The predicted molar refractivity (Wildman–Crippen MR) is 59.1 cm³/mol. The maximum absolute atomic E-state index is 12.3. The number of nitrogens with zero attached hydrogens (tertiary/aromatic N) is 2. The minimum absolute atomic E-state index is 0.0850. The van der Waals surface area contributed by atoms with Crippen molar-refractivity contribution >= 4 is 10.2 Å². The van der Waals surface area contributed by atoms with E-state index >= 15 is 0 Å². The normalized spacial score (nSPS) is 30.7. The zero-order chi connectivity index (χ0) is 13.4. The highest BCUT2D eigenvalue weighted by molar-refractivity contribution is 7.87. The lowest BCUT2D eigenvalue weighted by Gasteiger charge is -2.30. The first-order valence-corrected chi connectivity index (χ1v) is 7.25. The van der Waals surface area contributed by atoms with Crippen LogP contribution in [0.1, 0.15) is 12.8 Å². The molecular formula is C9H16F3N3O2S. The van der Waals surface area contributed by atoms with Crippen LogP contribution in [0.5, 0.6) is 0 Å². The van der Waals surface area contributed by atoms with Gasteiger partial charge >= 0.3 is 6.18 Å². The molecule has 0 saturated carbocycles. The van der Waals surface area contributed by atoms with Gasteiger partial charge in [0.2, 0.25) is 0 Å². The Labute approximate surface area is 104 Å². The summed E-state index contributed by atoms with van der Waals surface area (Å²) in [4.78, 5) is 0. The lowest BCUT2D eigenvalue weighted by Crippen LogP contribution is -2.48. The molecule has 0 amide bonds. The lowest BCUT2D eigenvalue weighted by molar-refractivity contribution is -0.135. The fourth-order valence-corrected chi connectivity index (χ4v) is 4.19. The van der Waals surface area contributed by atoms with E-state index in [2.05, 4.69) is 5.32 Å². The summed E-state index contributed by atoms with van der Waals surface area (Å²) in [7, 11) is -3.95. The van der Waals surface area contributed by atoms with Crippen molar-refractivity contribution < 1.29 is 21.6 Å². The first kappa shape index (κ1) is 14.0. The van der Waals surface area contributed by atoms with Gasteiger partial charge in [0.1, 0.15) is 6.54 Å². The Kier molecular flexibility index (Phi) is 3.86. The molecule has 1 unspecified atom stereocenters. The van der Waals surface area contributed by atoms with Gasteiger partial charge in [0.25, 0.3) is 10.2 Å². The van der Waals surface area contributed by atoms with Gasteiger partial charge in [0.15, 0.2) is 0 Å². The summed E-state index contributed by atoms with van der Waals surface area (Å²) in [6.45, 7) is 0.00479. The maximum Gasteiger partial charge on any atom is 0.402 e. The zero-order valence-corrected chi connectivity index (χ0v) is 10.6. The average Bonchev–Trinajstić information content (AvgIpc) is 2.54. The van der Waals surface area contributed by atoms with E-state index in [0.29, 0.717) is 17.3 Å². The number of hydrogen-bond donors (Lipinski definition) is 1. The zero-order valence-electron chi connectivity index (χ0n) is 9.78. The second-order valence-electron chi connectivity index (χ2n) is 4.57. The molecule has 0 aromatic heterocycles. The number of hydrogen-bond acceptors (Lipinski definition) is 3. The molecule has 0 radical (unpaired) electrons. The predicted octanol–water partition coefficient (Wildman–Crippen LogP) is 0.163. The Hall–Kier alpha value is -0.380. The SMILES string of the molecule is O=S1(=O)N(CC(F)(F)F)CCN1C1CCCNC1. The topological polar surface area (TPSA) is 52.7 Å². The Morgan fingerprint density at radius 2 is 2.00 bits per heavy atom. The fraction of sp³-hybridized carbons (Fsp3) is 1.00. The summed E-state index contributed by atoms with van der Waals surface area (Å²) in [5, 5.41) is 3.07. The van der Waals surface area contributed by atoms with Crippen LogP contribution in [0.2, 0.25) is 0 Å². The summed E-state index contributed by atoms with van der Waals surface area (Å²) in [5.74, 6) is 0. The largest absolute Gasteiger partial charge is 0.402 e. The summed E-state index contributed by atoms with van der Waals surface area (Å²) >= 11 is 0. The third-order valence-corrected chi connectivity index (χ3v) is 5.26. The summed E-state index contributed by atoms with van der Waals surface area (Å²) < 4.78 is 62.6. The molecule has 2 rings (SSSR count). The van der Waals surface area contributed by atoms with Gasteiger partial charge in [0, 0.05) is 25.7 Å². The van der Waals surface area contributed by atoms with E-state index in [4.69, 9.17) is 0 Å². The highest BCUT2D eigenvalue weighted by Crippen LogP contribution is 2.26. The number of halogens is 3. The molecule has 0 aromatic carbocycles. The van der Waals surface area contributed by atoms with Gasteiger partial charge < -0.3 is 5.32 Å². The average molecular weight is 287 g/mol. The van der Waals surface area contributed by atoms with Crippen LogP contribution in [0, 0.1) is 0 Å². The van der Waals surface area contributed by atoms with Crippen LogP contribution in [-0.2, 0) is 10.2 Å². The van der Waals surface area contributed by atoms with Gasteiger partial charge in [-0.15, -0.1) is 0 Å². The van der Waals surface area contributed by atoms with Crippen molar-refractivity contribution in [2.24, 2.45) is 0 Å². The molecule has 2 saturated heterocycles. The Balaban J connectivity index is 2.07. The summed E-state index contributed by atoms with van der Waals surface area (Å²) in [6.07, 6.45) is -2.95. The first-order chi connectivity index (χ1) is 8.31. The van der Waals surface area contributed by atoms with Gasteiger partial charge in [0.05, 0.1) is 0 Å². The van der Waals surface area contributed by atoms with Crippen LogP contribution >= 0.6 is 0 Å². The van der Waals surface area contributed by atoms with Crippen LogP contribution in [-0.4, -0.2) is 62.0 Å². The molecule has 0 aliphatic carbocycles. The molecule has 9 heteroatoms. The maximum atomic E-state index is 12.3. The van der Waals surface area contributed by atoms with Crippen molar-refractivity contribution in [3.63, 3.8) is 0 Å². The highest BCUT2D eigenvalue weighted by atomic mass is 32.2. The van der Waals surface area contributed by atoms with Crippen molar-refractivity contribution in [1.82, 2.24) is 13.9 Å². The second-order valence-corrected chi connectivity index (χ2v) is 6.45. The third kappa shape index (κ3) is 2.95. The molecule has 2 aliphatic rings. The van der Waals surface area contributed by atoms with Crippen LogP contribution in [0.4, 0.5) is 13.2 Å². The van der Waals surface area contributed by atoms with Gasteiger partial charge in [-0.25, -0.2) is 0 Å². The molecule has 18 heavy (non-hydrogen) atoms. The van der Waals surface area contributed by atoms with Crippen LogP contribution in [0.25, 0.3) is 0 Å². The fourth-order valence-electron chi connectivity index (χ4n) is 2.40. The van der Waals surface area contributed by atoms with Crippen molar-refractivity contribution in [1.29, 1.82) is 0 Å². The van der Waals surface area contributed by atoms with Crippen LogP contribution in [0.15, 0.2) is 0 Å². The molecule has 2 fully saturated rings. The van der Waals surface area contributed by atoms with Crippen molar-refractivity contribution in [3.8, 4) is 0 Å². The number of alkyl halides is 3. The van der Waals surface area contributed by atoms with E-state index in [9.17, 15) is 21.6 Å². The van der Waals surface area contributed by atoms with Gasteiger partial charge in [-0.05, 0) is 19.4 Å². The smallest absolute Gasteiger partial charge is 0.315 e. The van der Waals surface area contributed by atoms with E-state index in [0.717, 1.165) is 13.0 Å². The molecule has 1 atom stereocenters. The molecule has 2 aliphatic heterocycles. The molecule has 106 valence electrons. The summed E-state index contributed by atoms with van der Waals surface area (Å²) in [5.41, 5.74) is 0. The van der Waals surface area contributed by atoms with Crippen LogP contribution in [0.3, 0.4) is 0 Å².